The molecule has 0 radical (unpaired) electrons. The van der Waals surface area contributed by atoms with Crippen LogP contribution in [0.3, 0.4) is 0 Å². The van der Waals surface area contributed by atoms with Crippen LogP contribution in [0.25, 0.3) is 0 Å². The van der Waals surface area contributed by atoms with Crippen LogP contribution in [0.5, 0.6) is 0 Å². The van der Waals surface area contributed by atoms with Gasteiger partial charge in [0.05, 0.1) is 12.2 Å². The maximum atomic E-state index is 6.04. The molecule has 1 unspecified atom stereocenters. The van der Waals surface area contributed by atoms with E-state index in [9.17, 15) is 0 Å². The van der Waals surface area contributed by atoms with E-state index in [1.54, 1.807) is 0 Å². The van der Waals surface area contributed by atoms with Crippen molar-refractivity contribution in [3.8, 4) is 0 Å². The summed E-state index contributed by atoms with van der Waals surface area (Å²) < 4.78 is 11.4. The van der Waals surface area contributed by atoms with Crippen molar-refractivity contribution in [2.75, 3.05) is 19.8 Å². The lowest BCUT2D eigenvalue weighted by molar-refractivity contribution is -0.0620. The van der Waals surface area contributed by atoms with E-state index in [0.29, 0.717) is 12.2 Å². The van der Waals surface area contributed by atoms with Crippen LogP contribution < -0.4 is 5.32 Å². The molecule has 1 aliphatic carbocycles. The third kappa shape index (κ3) is 4.94. The number of hydrogen-bond donors (Lipinski definition) is 1. The maximum Gasteiger partial charge on any atom is 0.0675 e. The van der Waals surface area contributed by atoms with E-state index in [1.165, 1.54) is 32.1 Å². The van der Waals surface area contributed by atoms with Gasteiger partial charge in [-0.2, -0.15) is 0 Å². The largest absolute Gasteiger partial charge is 0.381 e. The smallest absolute Gasteiger partial charge is 0.0675 e. The Morgan fingerprint density at radius 1 is 1.12 bits per heavy atom. The Hall–Kier alpha value is -0.120. The van der Waals surface area contributed by atoms with E-state index >= 15 is 0 Å². The van der Waals surface area contributed by atoms with Crippen molar-refractivity contribution in [3.05, 3.63) is 0 Å². The molecule has 0 aromatic rings. The third-order valence-electron chi connectivity index (χ3n) is 3.89. The van der Waals surface area contributed by atoms with E-state index in [0.717, 1.165) is 38.6 Å². The summed E-state index contributed by atoms with van der Waals surface area (Å²) >= 11 is 0. The Kier molecular flexibility index (Phi) is 5.75. The van der Waals surface area contributed by atoms with Gasteiger partial charge in [-0.1, -0.05) is 19.3 Å². The normalized spacial score (nSPS) is 25.9. The van der Waals surface area contributed by atoms with Crippen LogP contribution in [0.15, 0.2) is 0 Å². The van der Waals surface area contributed by atoms with Gasteiger partial charge in [0.15, 0.2) is 0 Å². The Morgan fingerprint density at radius 2 is 1.82 bits per heavy atom. The zero-order valence-corrected chi connectivity index (χ0v) is 11.1. The Labute approximate surface area is 105 Å². The molecule has 0 bridgehead atoms. The van der Waals surface area contributed by atoms with Gasteiger partial charge in [-0.15, -0.1) is 0 Å². The van der Waals surface area contributed by atoms with Crippen LogP contribution in [-0.4, -0.2) is 38.0 Å². The van der Waals surface area contributed by atoms with Crippen LogP contribution in [0.4, 0.5) is 0 Å². The molecule has 1 aliphatic heterocycles. The summed E-state index contributed by atoms with van der Waals surface area (Å²) in [6.07, 6.45) is 9.80. The molecule has 1 atom stereocenters. The third-order valence-corrected chi connectivity index (χ3v) is 3.89. The van der Waals surface area contributed by atoms with Gasteiger partial charge in [-0.3, -0.25) is 0 Å². The molecule has 1 heterocycles. The fraction of sp³-hybridized carbons (Fsp3) is 1.00. The fourth-order valence-corrected chi connectivity index (χ4v) is 2.83. The van der Waals surface area contributed by atoms with Crippen LogP contribution in [0.1, 0.15) is 51.9 Å². The minimum Gasteiger partial charge on any atom is -0.381 e. The highest BCUT2D eigenvalue weighted by molar-refractivity contribution is 4.73. The molecule has 1 saturated heterocycles. The van der Waals surface area contributed by atoms with E-state index in [4.69, 9.17) is 9.47 Å². The van der Waals surface area contributed by atoms with Crippen molar-refractivity contribution in [1.82, 2.24) is 5.32 Å². The van der Waals surface area contributed by atoms with Gasteiger partial charge >= 0.3 is 0 Å². The predicted octanol–water partition coefficient (Wildman–Crippen LogP) is 2.49. The lowest BCUT2D eigenvalue weighted by Crippen LogP contribution is -2.38. The minimum atomic E-state index is 0.333. The second-order valence-corrected chi connectivity index (χ2v) is 5.50. The van der Waals surface area contributed by atoms with Crippen LogP contribution in [-0.2, 0) is 9.47 Å². The van der Waals surface area contributed by atoms with Gasteiger partial charge in [0, 0.05) is 25.8 Å². The van der Waals surface area contributed by atoms with Gasteiger partial charge in [-0.25, -0.2) is 0 Å². The number of ether oxygens (including phenoxy) is 2. The van der Waals surface area contributed by atoms with Gasteiger partial charge in [0.25, 0.3) is 0 Å². The summed E-state index contributed by atoms with van der Waals surface area (Å²) in [5.41, 5.74) is 0. The minimum absolute atomic E-state index is 0.333. The van der Waals surface area contributed by atoms with Crippen molar-refractivity contribution in [3.63, 3.8) is 0 Å². The molecule has 0 spiro atoms. The summed E-state index contributed by atoms with van der Waals surface area (Å²) in [6.45, 7) is 4.92. The van der Waals surface area contributed by atoms with Crippen molar-refractivity contribution in [1.29, 1.82) is 0 Å². The van der Waals surface area contributed by atoms with Gasteiger partial charge in [0.1, 0.15) is 0 Å². The Morgan fingerprint density at radius 3 is 2.53 bits per heavy atom. The number of hydrogen-bond acceptors (Lipinski definition) is 3. The van der Waals surface area contributed by atoms with Crippen LogP contribution >= 0.6 is 0 Å². The molecule has 0 amide bonds. The first-order chi connectivity index (χ1) is 8.34. The average molecular weight is 241 g/mol. The first-order valence-electron chi connectivity index (χ1n) is 7.31. The van der Waals surface area contributed by atoms with Crippen LogP contribution in [0.2, 0.25) is 0 Å². The molecule has 2 rings (SSSR count). The van der Waals surface area contributed by atoms with Crippen molar-refractivity contribution in [2.24, 2.45) is 0 Å². The Balaban J connectivity index is 1.57. The van der Waals surface area contributed by atoms with Crippen molar-refractivity contribution in [2.45, 2.75) is 70.1 Å². The molecular weight excluding hydrogens is 214 g/mol. The highest BCUT2D eigenvalue weighted by atomic mass is 16.5. The quantitative estimate of drug-likeness (QED) is 0.802. The average Bonchev–Trinajstić information content (AvgIpc) is 2.39. The van der Waals surface area contributed by atoms with E-state index in [2.05, 4.69) is 12.2 Å². The summed E-state index contributed by atoms with van der Waals surface area (Å²) in [5.74, 6) is 0. The molecule has 3 nitrogen and oxygen atoms in total. The van der Waals surface area contributed by atoms with Crippen molar-refractivity contribution >= 4 is 0 Å². The SMILES string of the molecule is CC(CNC1CCCCC1)OC1CCOCC1. The lowest BCUT2D eigenvalue weighted by Gasteiger charge is -2.28. The molecule has 0 aromatic heterocycles. The van der Waals surface area contributed by atoms with Crippen molar-refractivity contribution < 1.29 is 9.47 Å². The second-order valence-electron chi connectivity index (χ2n) is 5.50. The molecule has 100 valence electrons. The first kappa shape index (κ1) is 13.3. The molecule has 0 aromatic carbocycles. The molecule has 3 heteroatoms. The second kappa shape index (κ2) is 7.34. The van der Waals surface area contributed by atoms with Gasteiger partial charge in [0.2, 0.25) is 0 Å². The van der Waals surface area contributed by atoms with Gasteiger partial charge in [-0.05, 0) is 32.6 Å². The Bertz CT molecular complexity index is 198. The van der Waals surface area contributed by atoms with E-state index in [1.807, 2.05) is 0 Å². The van der Waals surface area contributed by atoms with Gasteiger partial charge < -0.3 is 14.8 Å². The number of nitrogens with one attached hydrogen (secondary N) is 1. The standard InChI is InChI=1S/C14H27NO2/c1-12(17-14-7-9-16-10-8-14)11-15-13-5-3-2-4-6-13/h12-15H,2-11H2,1H3. The predicted molar refractivity (Wildman–Crippen MR) is 69.3 cm³/mol. The molecule has 17 heavy (non-hydrogen) atoms. The fourth-order valence-electron chi connectivity index (χ4n) is 2.83. The first-order valence-corrected chi connectivity index (χ1v) is 7.31. The summed E-state index contributed by atoms with van der Waals surface area (Å²) in [7, 11) is 0. The molecule has 2 aliphatic rings. The van der Waals surface area contributed by atoms with Crippen LogP contribution in [0, 0.1) is 0 Å². The summed E-state index contributed by atoms with van der Waals surface area (Å²) in [5, 5.41) is 3.65. The summed E-state index contributed by atoms with van der Waals surface area (Å²) in [6, 6.07) is 0.740. The lowest BCUT2D eigenvalue weighted by atomic mass is 9.95. The topological polar surface area (TPSA) is 30.5 Å². The number of rotatable bonds is 5. The highest BCUT2D eigenvalue weighted by Crippen LogP contribution is 2.18. The molecule has 1 saturated carbocycles. The molecular formula is C14H27NO2. The molecule has 1 N–H and O–H groups in total. The highest BCUT2D eigenvalue weighted by Gasteiger charge is 2.18. The van der Waals surface area contributed by atoms with E-state index < -0.39 is 0 Å². The van der Waals surface area contributed by atoms with E-state index in [-0.39, 0.29) is 0 Å². The zero-order valence-electron chi connectivity index (χ0n) is 11.1. The summed E-state index contributed by atoms with van der Waals surface area (Å²) in [4.78, 5) is 0. The zero-order chi connectivity index (χ0) is 11.9. The molecule has 2 fully saturated rings. The maximum absolute atomic E-state index is 6.04. The monoisotopic (exact) mass is 241 g/mol.